The Balaban J connectivity index is 1.76. The Morgan fingerprint density at radius 1 is 0.552 bits per heavy atom. The largest absolute Gasteiger partial charge is 0.364 e. The molecule has 3 rings (SSSR count). The van der Waals surface area contributed by atoms with Gasteiger partial charge >= 0.3 is 17.9 Å². The Morgan fingerprint density at radius 2 is 0.897 bits per heavy atom. The molecule has 0 unspecified atom stereocenters. The number of hydrogen-bond acceptors (Lipinski definition) is 7. The smallest absolute Gasteiger partial charge is 0.295 e. The first-order valence-corrected chi connectivity index (χ1v) is 8.67. The standard InChI is InChI=1S/C22H17NO6/c1-16-12-14-19(15-13-16)22(26)29-23(27-20(24)17-8-4-2-5-9-17)28-21(25)18-10-6-3-7-11-18/h2-15H,1H3. The van der Waals surface area contributed by atoms with Crippen molar-refractivity contribution in [3.63, 3.8) is 0 Å². The van der Waals surface area contributed by atoms with Crippen LogP contribution in [0.1, 0.15) is 36.6 Å². The van der Waals surface area contributed by atoms with E-state index in [0.717, 1.165) is 5.56 Å². The third kappa shape index (κ3) is 5.50. The molecule has 0 aliphatic rings. The zero-order valence-corrected chi connectivity index (χ0v) is 15.5. The summed E-state index contributed by atoms with van der Waals surface area (Å²) in [7, 11) is 0. The lowest BCUT2D eigenvalue weighted by molar-refractivity contribution is -0.449. The monoisotopic (exact) mass is 391 g/mol. The molecule has 0 aliphatic carbocycles. The second-order valence-corrected chi connectivity index (χ2v) is 5.96. The van der Waals surface area contributed by atoms with Crippen LogP contribution in [0.4, 0.5) is 0 Å². The van der Waals surface area contributed by atoms with Gasteiger partial charge in [0.2, 0.25) is 5.39 Å². The normalized spacial score (nSPS) is 10.3. The van der Waals surface area contributed by atoms with Gasteiger partial charge in [-0.25, -0.2) is 14.4 Å². The first-order valence-electron chi connectivity index (χ1n) is 8.67. The first kappa shape index (κ1) is 19.8. The van der Waals surface area contributed by atoms with Gasteiger partial charge in [-0.1, -0.05) is 54.1 Å². The fraction of sp³-hybridized carbons (Fsp3) is 0.0455. The molecule has 0 heterocycles. The Bertz CT molecular complexity index is 933. The molecule has 7 nitrogen and oxygen atoms in total. The Labute approximate surface area is 166 Å². The number of rotatable bonds is 6. The van der Waals surface area contributed by atoms with E-state index < -0.39 is 17.9 Å². The van der Waals surface area contributed by atoms with Crippen LogP contribution in [-0.4, -0.2) is 23.3 Å². The molecule has 0 aromatic heterocycles. The predicted molar refractivity (Wildman–Crippen MR) is 102 cm³/mol. The molecular formula is C22H17NO6. The predicted octanol–water partition coefficient (Wildman–Crippen LogP) is 3.91. The lowest BCUT2D eigenvalue weighted by Gasteiger charge is -2.17. The minimum absolute atomic E-state index is 0.118. The van der Waals surface area contributed by atoms with E-state index in [4.69, 9.17) is 14.5 Å². The number of nitrogens with zero attached hydrogens (tertiary/aromatic N) is 1. The average molecular weight is 391 g/mol. The van der Waals surface area contributed by atoms with Gasteiger partial charge in [-0.2, -0.15) is 0 Å². The topological polar surface area (TPSA) is 82.1 Å². The van der Waals surface area contributed by atoms with Crippen molar-refractivity contribution in [2.45, 2.75) is 6.92 Å². The molecule has 0 saturated heterocycles. The maximum atomic E-state index is 12.4. The summed E-state index contributed by atoms with van der Waals surface area (Å²) in [5.41, 5.74) is 1.50. The van der Waals surface area contributed by atoms with E-state index in [2.05, 4.69) is 0 Å². The summed E-state index contributed by atoms with van der Waals surface area (Å²) in [5, 5.41) is 0.118. The van der Waals surface area contributed by atoms with Gasteiger partial charge in [0.15, 0.2) is 0 Å². The summed E-state index contributed by atoms with van der Waals surface area (Å²) in [6, 6.07) is 22.5. The minimum atomic E-state index is -0.872. The van der Waals surface area contributed by atoms with E-state index in [0.29, 0.717) is 0 Å². The lowest BCUT2D eigenvalue weighted by atomic mass is 10.2. The highest BCUT2D eigenvalue weighted by atomic mass is 17.2. The summed E-state index contributed by atoms with van der Waals surface area (Å²) in [5.74, 6) is -2.61. The molecule has 0 atom stereocenters. The molecule has 0 aliphatic heterocycles. The van der Waals surface area contributed by atoms with Gasteiger partial charge in [0.1, 0.15) is 0 Å². The van der Waals surface area contributed by atoms with Crippen molar-refractivity contribution in [1.82, 2.24) is 5.39 Å². The van der Waals surface area contributed by atoms with Gasteiger partial charge in [0, 0.05) is 0 Å². The summed E-state index contributed by atoms with van der Waals surface area (Å²) in [6.45, 7) is 1.87. The molecule has 146 valence electrons. The molecule has 0 saturated carbocycles. The Hall–Kier alpha value is -3.97. The molecule has 0 amide bonds. The molecule has 3 aromatic carbocycles. The van der Waals surface area contributed by atoms with Gasteiger partial charge in [-0.15, -0.1) is 0 Å². The molecule has 29 heavy (non-hydrogen) atoms. The van der Waals surface area contributed by atoms with Crippen molar-refractivity contribution >= 4 is 17.9 Å². The molecule has 0 N–H and O–H groups in total. The summed E-state index contributed by atoms with van der Waals surface area (Å²) < 4.78 is 0. The molecule has 3 aromatic rings. The van der Waals surface area contributed by atoms with E-state index in [1.807, 2.05) is 6.92 Å². The molecule has 7 heteroatoms. The van der Waals surface area contributed by atoms with E-state index in [1.54, 1.807) is 48.5 Å². The number of carbonyl (C=O) groups excluding carboxylic acids is 3. The van der Waals surface area contributed by atoms with Gasteiger partial charge in [-0.3, -0.25) is 14.5 Å². The zero-order valence-electron chi connectivity index (χ0n) is 15.5. The van der Waals surface area contributed by atoms with Crippen molar-refractivity contribution < 1.29 is 28.9 Å². The van der Waals surface area contributed by atoms with Crippen LogP contribution in [-0.2, 0) is 14.5 Å². The summed E-state index contributed by atoms with van der Waals surface area (Å²) >= 11 is 0. The number of benzene rings is 3. The second kappa shape index (κ2) is 9.29. The Morgan fingerprint density at radius 3 is 1.28 bits per heavy atom. The van der Waals surface area contributed by atoms with Crippen LogP contribution in [0.3, 0.4) is 0 Å². The SMILES string of the molecule is Cc1ccc(C(=O)ON(OC(=O)c2ccccc2)OC(=O)c2ccccc2)cc1. The van der Waals surface area contributed by atoms with Crippen molar-refractivity contribution in [2.24, 2.45) is 0 Å². The zero-order chi connectivity index (χ0) is 20.6. The second-order valence-electron chi connectivity index (χ2n) is 5.96. The van der Waals surface area contributed by atoms with E-state index in [1.165, 1.54) is 36.4 Å². The fourth-order valence-electron chi connectivity index (χ4n) is 2.26. The van der Waals surface area contributed by atoms with Gasteiger partial charge in [-0.05, 0) is 43.3 Å². The number of carbonyl (C=O) groups is 3. The van der Waals surface area contributed by atoms with E-state index in [9.17, 15) is 14.4 Å². The van der Waals surface area contributed by atoms with Crippen molar-refractivity contribution in [3.8, 4) is 0 Å². The first-order chi connectivity index (χ1) is 14.0. The third-order valence-corrected chi connectivity index (χ3v) is 3.78. The van der Waals surface area contributed by atoms with Crippen molar-refractivity contribution in [1.29, 1.82) is 0 Å². The summed E-state index contributed by atoms with van der Waals surface area (Å²) in [4.78, 5) is 51.8. The average Bonchev–Trinajstić information content (AvgIpc) is 2.75. The van der Waals surface area contributed by atoms with Gasteiger partial charge < -0.3 is 0 Å². The molecular weight excluding hydrogens is 374 g/mol. The minimum Gasteiger partial charge on any atom is -0.295 e. The van der Waals surface area contributed by atoms with Crippen LogP contribution in [0.15, 0.2) is 84.9 Å². The highest BCUT2D eigenvalue weighted by Crippen LogP contribution is 2.11. The number of aryl methyl sites for hydroxylation is 1. The van der Waals surface area contributed by atoms with Crippen LogP contribution in [0.5, 0.6) is 0 Å². The van der Waals surface area contributed by atoms with Crippen LogP contribution in [0.2, 0.25) is 0 Å². The summed E-state index contributed by atoms with van der Waals surface area (Å²) in [6.07, 6.45) is 0. The van der Waals surface area contributed by atoms with Crippen LogP contribution >= 0.6 is 0 Å². The van der Waals surface area contributed by atoms with Crippen molar-refractivity contribution in [3.05, 3.63) is 107 Å². The Kier molecular flexibility index (Phi) is 6.34. The van der Waals surface area contributed by atoms with E-state index >= 15 is 0 Å². The fourth-order valence-corrected chi connectivity index (χ4v) is 2.26. The van der Waals surface area contributed by atoms with E-state index in [-0.39, 0.29) is 22.1 Å². The lowest BCUT2D eigenvalue weighted by Crippen LogP contribution is -2.33. The van der Waals surface area contributed by atoms with Crippen LogP contribution < -0.4 is 0 Å². The quantitative estimate of drug-likeness (QED) is 0.589. The van der Waals surface area contributed by atoms with Gasteiger partial charge in [0.05, 0.1) is 16.7 Å². The maximum absolute atomic E-state index is 12.4. The molecule has 0 radical (unpaired) electrons. The van der Waals surface area contributed by atoms with Crippen LogP contribution in [0, 0.1) is 6.92 Å². The maximum Gasteiger partial charge on any atom is 0.364 e. The molecule has 0 fully saturated rings. The highest BCUT2D eigenvalue weighted by molar-refractivity contribution is 5.91. The molecule has 0 bridgehead atoms. The highest BCUT2D eigenvalue weighted by Gasteiger charge is 2.25. The van der Waals surface area contributed by atoms with Crippen LogP contribution in [0.25, 0.3) is 0 Å². The van der Waals surface area contributed by atoms with Gasteiger partial charge in [0.25, 0.3) is 0 Å². The molecule has 0 spiro atoms. The number of hydrogen-bond donors (Lipinski definition) is 0. The van der Waals surface area contributed by atoms with Crippen molar-refractivity contribution in [2.75, 3.05) is 0 Å². The third-order valence-electron chi connectivity index (χ3n) is 3.78.